The number of esters is 1. The third-order valence-corrected chi connectivity index (χ3v) is 2.98. The molecule has 7 nitrogen and oxygen atoms in total. The van der Waals surface area contributed by atoms with Crippen LogP contribution < -0.4 is 4.74 Å². The van der Waals surface area contributed by atoms with E-state index in [9.17, 15) is 20.0 Å². The van der Waals surface area contributed by atoms with Gasteiger partial charge in [-0.2, -0.15) is 0 Å². The summed E-state index contributed by atoms with van der Waals surface area (Å²) in [6.07, 6.45) is -0.930. The lowest BCUT2D eigenvalue weighted by Gasteiger charge is -2.23. The van der Waals surface area contributed by atoms with Gasteiger partial charge in [-0.1, -0.05) is 0 Å². The van der Waals surface area contributed by atoms with Crippen molar-refractivity contribution in [1.82, 2.24) is 0 Å². The van der Waals surface area contributed by atoms with Crippen LogP contribution in [0.2, 0.25) is 0 Å². The molecule has 21 heavy (non-hydrogen) atoms. The number of ether oxygens (including phenoxy) is 2. The fraction of sp³-hybridized carbons (Fsp3) is 0.500. The summed E-state index contributed by atoms with van der Waals surface area (Å²) in [5.41, 5.74) is -0.706. The van der Waals surface area contributed by atoms with E-state index < -0.39 is 22.4 Å². The number of carbonyl (C=O) groups is 1. The molecule has 0 aromatic heterocycles. The van der Waals surface area contributed by atoms with Crippen molar-refractivity contribution >= 4 is 11.7 Å². The van der Waals surface area contributed by atoms with Gasteiger partial charge >= 0.3 is 5.97 Å². The molecular formula is C14H19NO6. The fourth-order valence-corrected chi connectivity index (χ4v) is 1.70. The van der Waals surface area contributed by atoms with Gasteiger partial charge < -0.3 is 14.6 Å². The number of hydrogen-bond donors (Lipinski definition) is 1. The van der Waals surface area contributed by atoms with Crippen molar-refractivity contribution in [3.63, 3.8) is 0 Å². The van der Waals surface area contributed by atoms with Gasteiger partial charge in [0.1, 0.15) is 12.4 Å². The molecule has 1 unspecified atom stereocenters. The van der Waals surface area contributed by atoms with E-state index in [4.69, 9.17) is 4.74 Å². The van der Waals surface area contributed by atoms with Crippen molar-refractivity contribution < 1.29 is 24.3 Å². The number of nitrogens with zero attached hydrogens (tertiary/aromatic N) is 1. The van der Waals surface area contributed by atoms with Gasteiger partial charge in [0.15, 0.2) is 0 Å². The number of aliphatic hydroxyl groups is 1. The van der Waals surface area contributed by atoms with Crippen LogP contribution in [0.4, 0.5) is 5.69 Å². The van der Waals surface area contributed by atoms with Gasteiger partial charge in [-0.15, -0.1) is 0 Å². The molecule has 0 amide bonds. The Morgan fingerprint density at radius 1 is 1.48 bits per heavy atom. The summed E-state index contributed by atoms with van der Waals surface area (Å²) < 4.78 is 10.2. The molecule has 0 bridgehead atoms. The fourth-order valence-electron chi connectivity index (χ4n) is 1.70. The summed E-state index contributed by atoms with van der Waals surface area (Å²) in [4.78, 5) is 21.8. The Morgan fingerprint density at radius 3 is 2.57 bits per heavy atom. The van der Waals surface area contributed by atoms with Crippen LogP contribution in [-0.4, -0.2) is 29.7 Å². The smallest absolute Gasteiger partial charge is 0.314 e. The molecule has 0 aliphatic heterocycles. The average molecular weight is 297 g/mol. The van der Waals surface area contributed by atoms with Gasteiger partial charge in [-0.3, -0.25) is 14.9 Å². The molecule has 0 saturated heterocycles. The first kappa shape index (κ1) is 16.9. The van der Waals surface area contributed by atoms with E-state index in [1.807, 2.05) is 0 Å². The third-order valence-electron chi connectivity index (χ3n) is 2.98. The standard InChI is InChI=1S/C14H19NO6/c1-9(16)11-7-10(15(18)19)5-6-12(11)21-8-14(2,3)13(17)20-4/h5-7,9,16H,8H2,1-4H3. The van der Waals surface area contributed by atoms with Crippen molar-refractivity contribution in [3.8, 4) is 5.75 Å². The highest BCUT2D eigenvalue weighted by molar-refractivity contribution is 5.75. The molecule has 116 valence electrons. The number of nitro benzene ring substituents is 1. The van der Waals surface area contributed by atoms with Crippen LogP contribution in [-0.2, 0) is 9.53 Å². The molecule has 0 aliphatic carbocycles. The minimum atomic E-state index is -0.930. The van der Waals surface area contributed by atoms with Crippen LogP contribution in [0.5, 0.6) is 5.75 Å². The average Bonchev–Trinajstić information content (AvgIpc) is 2.43. The number of methoxy groups -OCH3 is 1. The Hall–Kier alpha value is -2.15. The zero-order chi connectivity index (χ0) is 16.2. The van der Waals surface area contributed by atoms with E-state index in [-0.39, 0.29) is 12.3 Å². The Bertz CT molecular complexity index is 538. The topological polar surface area (TPSA) is 98.9 Å². The Labute approximate surface area is 122 Å². The van der Waals surface area contributed by atoms with E-state index in [0.29, 0.717) is 11.3 Å². The molecule has 0 aliphatic rings. The predicted octanol–water partition coefficient (Wildman–Crippen LogP) is 2.23. The molecule has 0 radical (unpaired) electrons. The number of nitro groups is 1. The minimum Gasteiger partial charge on any atom is -0.492 e. The molecule has 1 N–H and O–H groups in total. The number of non-ortho nitro benzene ring substituents is 1. The minimum absolute atomic E-state index is 0.0250. The van der Waals surface area contributed by atoms with E-state index >= 15 is 0 Å². The normalized spacial score (nSPS) is 12.6. The van der Waals surface area contributed by atoms with Crippen molar-refractivity contribution in [1.29, 1.82) is 0 Å². The van der Waals surface area contributed by atoms with Gasteiger partial charge in [0, 0.05) is 17.7 Å². The summed E-state index contributed by atoms with van der Waals surface area (Å²) >= 11 is 0. The molecule has 7 heteroatoms. The zero-order valence-corrected chi connectivity index (χ0v) is 12.5. The van der Waals surface area contributed by atoms with Crippen LogP contribution in [0, 0.1) is 15.5 Å². The number of aliphatic hydroxyl groups excluding tert-OH is 1. The zero-order valence-electron chi connectivity index (χ0n) is 12.5. The molecule has 1 aromatic rings. The van der Waals surface area contributed by atoms with Crippen LogP contribution in [0.3, 0.4) is 0 Å². The molecule has 0 heterocycles. The van der Waals surface area contributed by atoms with Crippen molar-refractivity contribution in [2.24, 2.45) is 5.41 Å². The third kappa shape index (κ3) is 4.16. The maximum atomic E-state index is 11.6. The van der Waals surface area contributed by atoms with Gasteiger partial charge in [0.2, 0.25) is 0 Å². The Kier molecular flexibility index (Phi) is 5.26. The highest BCUT2D eigenvalue weighted by Gasteiger charge is 2.30. The summed E-state index contributed by atoms with van der Waals surface area (Å²) in [5.74, 6) is -0.129. The monoisotopic (exact) mass is 297 g/mol. The second-order valence-electron chi connectivity index (χ2n) is 5.32. The lowest BCUT2D eigenvalue weighted by Crippen LogP contribution is -2.32. The Balaban J connectivity index is 2.98. The van der Waals surface area contributed by atoms with Crippen LogP contribution in [0.15, 0.2) is 18.2 Å². The van der Waals surface area contributed by atoms with Crippen LogP contribution in [0.25, 0.3) is 0 Å². The number of hydrogen-bond acceptors (Lipinski definition) is 6. The highest BCUT2D eigenvalue weighted by Crippen LogP contribution is 2.30. The van der Waals surface area contributed by atoms with E-state index in [1.54, 1.807) is 13.8 Å². The molecule has 0 spiro atoms. The van der Waals surface area contributed by atoms with Gasteiger partial charge in [-0.25, -0.2) is 0 Å². The van der Waals surface area contributed by atoms with Gasteiger partial charge in [0.25, 0.3) is 5.69 Å². The van der Waals surface area contributed by atoms with Crippen molar-refractivity contribution in [3.05, 3.63) is 33.9 Å². The van der Waals surface area contributed by atoms with Crippen LogP contribution in [0.1, 0.15) is 32.4 Å². The maximum absolute atomic E-state index is 11.6. The predicted molar refractivity (Wildman–Crippen MR) is 75.0 cm³/mol. The molecule has 1 atom stereocenters. The SMILES string of the molecule is COC(=O)C(C)(C)COc1ccc([N+](=O)[O-])cc1C(C)O. The van der Waals surface area contributed by atoms with Gasteiger partial charge in [-0.05, 0) is 26.8 Å². The number of carbonyl (C=O) groups excluding carboxylic acids is 1. The second-order valence-corrected chi connectivity index (χ2v) is 5.32. The first-order valence-electron chi connectivity index (χ1n) is 6.36. The summed E-state index contributed by atoms with van der Waals surface area (Å²) in [5, 5.41) is 20.5. The van der Waals surface area contributed by atoms with Gasteiger partial charge in [0.05, 0.1) is 23.6 Å². The van der Waals surface area contributed by atoms with E-state index in [2.05, 4.69) is 4.74 Å². The van der Waals surface area contributed by atoms with Crippen molar-refractivity contribution in [2.75, 3.05) is 13.7 Å². The number of benzene rings is 1. The largest absolute Gasteiger partial charge is 0.492 e. The lowest BCUT2D eigenvalue weighted by atomic mass is 9.95. The molecular weight excluding hydrogens is 278 g/mol. The quantitative estimate of drug-likeness (QED) is 0.491. The first-order chi connectivity index (χ1) is 9.69. The van der Waals surface area contributed by atoms with Crippen LogP contribution >= 0.6 is 0 Å². The molecule has 1 rings (SSSR count). The van der Waals surface area contributed by atoms with E-state index in [0.717, 1.165) is 0 Å². The number of rotatable bonds is 6. The summed E-state index contributed by atoms with van der Waals surface area (Å²) in [6.45, 7) is 4.83. The molecule has 0 fully saturated rings. The maximum Gasteiger partial charge on any atom is 0.314 e. The second kappa shape index (κ2) is 6.53. The van der Waals surface area contributed by atoms with E-state index in [1.165, 1.54) is 32.2 Å². The highest BCUT2D eigenvalue weighted by atomic mass is 16.6. The summed E-state index contributed by atoms with van der Waals surface area (Å²) in [6, 6.07) is 3.95. The molecule has 1 aromatic carbocycles. The lowest BCUT2D eigenvalue weighted by molar-refractivity contribution is -0.385. The Morgan fingerprint density at radius 2 is 2.10 bits per heavy atom. The summed E-state index contributed by atoms with van der Waals surface area (Å²) in [7, 11) is 1.29. The first-order valence-corrected chi connectivity index (χ1v) is 6.36. The van der Waals surface area contributed by atoms with Crippen molar-refractivity contribution in [2.45, 2.75) is 26.9 Å². The molecule has 0 saturated carbocycles.